The van der Waals surface area contributed by atoms with Crippen molar-refractivity contribution in [1.82, 2.24) is 0 Å². The number of para-hydroxylation sites is 1. The Balaban J connectivity index is 2.99. The summed E-state index contributed by atoms with van der Waals surface area (Å²) in [7, 11) is 0. The fourth-order valence-corrected chi connectivity index (χ4v) is 1.77. The van der Waals surface area contributed by atoms with Crippen LogP contribution in [0, 0.1) is 6.92 Å². The Bertz CT molecular complexity index is 365. The largest absolute Gasteiger partial charge is 0.311 e. The second kappa shape index (κ2) is 5.90. The third-order valence-electron chi connectivity index (χ3n) is 2.61. The zero-order chi connectivity index (χ0) is 12.1. The normalized spacial score (nSPS) is 12.2. The number of alkyl halides is 1. The summed E-state index contributed by atoms with van der Waals surface area (Å²) in [6, 6.07) is 7.86. The molecule has 0 fully saturated rings. The van der Waals surface area contributed by atoms with Crippen molar-refractivity contribution in [3.8, 4) is 0 Å². The number of nitrogens with zero attached hydrogens (tertiary/aromatic N) is 1. The molecule has 1 atom stereocenters. The molecule has 3 heteroatoms. The first-order chi connectivity index (χ1) is 7.61. The van der Waals surface area contributed by atoms with E-state index in [2.05, 4.69) is 0 Å². The van der Waals surface area contributed by atoms with Gasteiger partial charge in [-0.25, -0.2) is 0 Å². The Morgan fingerprint density at radius 3 is 2.50 bits per heavy atom. The van der Waals surface area contributed by atoms with Gasteiger partial charge in [0, 0.05) is 12.2 Å². The molecule has 0 aliphatic carbocycles. The Kier molecular flexibility index (Phi) is 4.81. The number of benzene rings is 1. The number of hydrogen-bond donors (Lipinski definition) is 0. The first kappa shape index (κ1) is 13.0. The summed E-state index contributed by atoms with van der Waals surface area (Å²) in [5.74, 6) is -0.0130. The van der Waals surface area contributed by atoms with E-state index in [0.29, 0.717) is 13.0 Å². The van der Waals surface area contributed by atoms with Crippen LogP contribution in [0.1, 0.15) is 25.8 Å². The smallest absolute Gasteiger partial charge is 0.245 e. The highest BCUT2D eigenvalue weighted by atomic mass is 35.5. The van der Waals surface area contributed by atoms with E-state index in [9.17, 15) is 4.79 Å². The number of amides is 1. The number of carbonyl (C=O) groups is 1. The van der Waals surface area contributed by atoms with Crippen molar-refractivity contribution in [3.05, 3.63) is 29.8 Å². The predicted molar refractivity (Wildman–Crippen MR) is 69.1 cm³/mol. The monoisotopic (exact) mass is 239 g/mol. The standard InChI is InChI=1S/C13H18ClNO/c1-4-11(14)13(16)15(5-2)12-9-7-6-8-10(12)3/h6-9,11H,4-5H2,1-3H3. The fourth-order valence-electron chi connectivity index (χ4n) is 1.65. The number of hydrogen-bond acceptors (Lipinski definition) is 1. The highest BCUT2D eigenvalue weighted by Gasteiger charge is 2.21. The van der Waals surface area contributed by atoms with E-state index in [4.69, 9.17) is 11.6 Å². The zero-order valence-electron chi connectivity index (χ0n) is 10.0. The number of anilines is 1. The van der Waals surface area contributed by atoms with E-state index in [0.717, 1.165) is 11.3 Å². The van der Waals surface area contributed by atoms with Crippen molar-refractivity contribution in [2.45, 2.75) is 32.6 Å². The van der Waals surface area contributed by atoms with Gasteiger partial charge in [-0.3, -0.25) is 4.79 Å². The zero-order valence-corrected chi connectivity index (χ0v) is 10.8. The summed E-state index contributed by atoms with van der Waals surface area (Å²) in [5.41, 5.74) is 2.05. The molecule has 1 aromatic rings. The minimum absolute atomic E-state index is 0.0130. The summed E-state index contributed by atoms with van der Waals surface area (Å²) < 4.78 is 0. The maximum absolute atomic E-state index is 12.1. The minimum atomic E-state index is -0.431. The first-order valence-corrected chi connectivity index (χ1v) is 6.06. The van der Waals surface area contributed by atoms with Gasteiger partial charge in [-0.1, -0.05) is 25.1 Å². The van der Waals surface area contributed by atoms with E-state index >= 15 is 0 Å². The van der Waals surface area contributed by atoms with Crippen LogP contribution in [0.4, 0.5) is 5.69 Å². The number of rotatable bonds is 4. The van der Waals surface area contributed by atoms with Gasteiger partial charge in [0.15, 0.2) is 0 Å². The third kappa shape index (κ3) is 2.76. The van der Waals surface area contributed by atoms with Gasteiger partial charge >= 0.3 is 0 Å². The molecule has 2 nitrogen and oxygen atoms in total. The minimum Gasteiger partial charge on any atom is -0.311 e. The molecule has 0 heterocycles. The highest BCUT2D eigenvalue weighted by Crippen LogP contribution is 2.21. The molecule has 0 saturated heterocycles. The topological polar surface area (TPSA) is 20.3 Å². The quantitative estimate of drug-likeness (QED) is 0.738. The number of carbonyl (C=O) groups excluding carboxylic acids is 1. The molecule has 1 aromatic carbocycles. The summed E-state index contributed by atoms with van der Waals surface area (Å²) in [6.07, 6.45) is 0.656. The predicted octanol–water partition coefficient (Wildman–Crippen LogP) is 3.37. The van der Waals surface area contributed by atoms with Gasteiger partial charge in [-0.2, -0.15) is 0 Å². The van der Waals surface area contributed by atoms with Crippen LogP contribution < -0.4 is 4.90 Å². The van der Waals surface area contributed by atoms with Crippen LogP contribution in [0.5, 0.6) is 0 Å². The first-order valence-electron chi connectivity index (χ1n) is 5.62. The second-order valence-electron chi connectivity index (χ2n) is 3.74. The van der Waals surface area contributed by atoms with Gasteiger partial charge in [-0.05, 0) is 31.9 Å². The maximum Gasteiger partial charge on any atom is 0.245 e. The van der Waals surface area contributed by atoms with Gasteiger partial charge in [0.25, 0.3) is 0 Å². The Morgan fingerprint density at radius 1 is 1.38 bits per heavy atom. The maximum atomic E-state index is 12.1. The van der Waals surface area contributed by atoms with Crippen LogP contribution in [-0.2, 0) is 4.79 Å². The average Bonchev–Trinajstić information content (AvgIpc) is 2.31. The van der Waals surface area contributed by atoms with Gasteiger partial charge < -0.3 is 4.90 Å². The van der Waals surface area contributed by atoms with Crippen LogP contribution >= 0.6 is 11.6 Å². The molecular weight excluding hydrogens is 222 g/mol. The number of aryl methyl sites for hydroxylation is 1. The van der Waals surface area contributed by atoms with Crippen molar-refractivity contribution >= 4 is 23.2 Å². The molecule has 0 aromatic heterocycles. The van der Waals surface area contributed by atoms with E-state index in [1.54, 1.807) is 4.90 Å². The average molecular weight is 240 g/mol. The molecule has 0 N–H and O–H groups in total. The van der Waals surface area contributed by atoms with Gasteiger partial charge in [0.2, 0.25) is 5.91 Å². The summed E-state index contributed by atoms with van der Waals surface area (Å²) >= 11 is 6.00. The fraction of sp³-hybridized carbons (Fsp3) is 0.462. The molecule has 0 spiro atoms. The molecule has 1 rings (SSSR count). The molecule has 0 aliphatic heterocycles. The lowest BCUT2D eigenvalue weighted by Crippen LogP contribution is -2.36. The molecule has 1 amide bonds. The third-order valence-corrected chi connectivity index (χ3v) is 3.11. The SMILES string of the molecule is CCC(Cl)C(=O)N(CC)c1ccccc1C. The van der Waals surface area contributed by atoms with Crippen molar-refractivity contribution in [2.24, 2.45) is 0 Å². The van der Waals surface area contributed by atoms with Crippen LogP contribution in [0.15, 0.2) is 24.3 Å². The van der Waals surface area contributed by atoms with E-state index in [1.165, 1.54) is 0 Å². The summed E-state index contributed by atoms with van der Waals surface area (Å²) in [6.45, 7) is 6.53. The molecule has 0 radical (unpaired) electrons. The van der Waals surface area contributed by atoms with E-state index in [1.807, 2.05) is 45.0 Å². The lowest BCUT2D eigenvalue weighted by molar-refractivity contribution is -0.118. The lowest BCUT2D eigenvalue weighted by Gasteiger charge is -2.24. The van der Waals surface area contributed by atoms with Crippen molar-refractivity contribution in [3.63, 3.8) is 0 Å². The van der Waals surface area contributed by atoms with Crippen molar-refractivity contribution in [2.75, 3.05) is 11.4 Å². The number of halogens is 1. The second-order valence-corrected chi connectivity index (χ2v) is 4.27. The molecule has 1 unspecified atom stereocenters. The molecule has 0 aliphatic rings. The van der Waals surface area contributed by atoms with Crippen molar-refractivity contribution < 1.29 is 4.79 Å². The molecular formula is C13H18ClNO. The van der Waals surface area contributed by atoms with E-state index in [-0.39, 0.29) is 5.91 Å². The van der Waals surface area contributed by atoms with Gasteiger partial charge in [-0.15, -0.1) is 11.6 Å². The molecule has 88 valence electrons. The molecule has 0 saturated carbocycles. The Morgan fingerprint density at radius 2 is 2.00 bits per heavy atom. The van der Waals surface area contributed by atoms with Crippen LogP contribution in [-0.4, -0.2) is 17.8 Å². The Labute approximate surface area is 102 Å². The highest BCUT2D eigenvalue weighted by molar-refractivity contribution is 6.32. The van der Waals surface area contributed by atoms with Crippen molar-refractivity contribution in [1.29, 1.82) is 0 Å². The summed E-state index contributed by atoms with van der Waals surface area (Å²) in [4.78, 5) is 13.8. The lowest BCUT2D eigenvalue weighted by atomic mass is 10.1. The van der Waals surface area contributed by atoms with Gasteiger partial charge in [0.1, 0.15) is 5.38 Å². The Hall–Kier alpha value is -1.02. The van der Waals surface area contributed by atoms with Crippen LogP contribution in [0.25, 0.3) is 0 Å². The van der Waals surface area contributed by atoms with E-state index < -0.39 is 5.38 Å². The van der Waals surface area contributed by atoms with Gasteiger partial charge in [0.05, 0.1) is 0 Å². The molecule has 0 bridgehead atoms. The molecule has 16 heavy (non-hydrogen) atoms. The summed E-state index contributed by atoms with van der Waals surface area (Å²) in [5, 5.41) is -0.431. The van der Waals surface area contributed by atoms with Crippen LogP contribution in [0.2, 0.25) is 0 Å². The van der Waals surface area contributed by atoms with Crippen LogP contribution in [0.3, 0.4) is 0 Å².